The van der Waals surface area contributed by atoms with Crippen molar-refractivity contribution >= 4 is 18.4 Å². The van der Waals surface area contributed by atoms with Gasteiger partial charge in [-0.25, -0.2) is 4.79 Å². The second-order valence-corrected chi connectivity index (χ2v) is 6.62. The summed E-state index contributed by atoms with van der Waals surface area (Å²) in [5.74, 6) is -0.250. The van der Waals surface area contributed by atoms with Crippen molar-refractivity contribution in [2.24, 2.45) is 0 Å². The van der Waals surface area contributed by atoms with Gasteiger partial charge in [0.05, 0.1) is 17.8 Å². The Labute approximate surface area is 138 Å². The average Bonchev–Trinajstić information content (AvgIpc) is 2.84. The number of morpholine rings is 1. The lowest BCUT2D eigenvalue weighted by atomic mass is 10.0. The largest absolute Gasteiger partial charge is 0.460 e. The number of ether oxygens (including phenoxy) is 2. The molecule has 0 radical (unpaired) electrons. The molecule has 2 unspecified atom stereocenters. The summed E-state index contributed by atoms with van der Waals surface area (Å²) in [6.07, 6.45) is 3.02. The van der Waals surface area contributed by atoms with Gasteiger partial charge in [0.1, 0.15) is 6.61 Å². The maximum Gasteiger partial charge on any atom is 0.338 e. The molecule has 2 fully saturated rings. The maximum atomic E-state index is 12.0. The van der Waals surface area contributed by atoms with Crippen LogP contribution in [0.4, 0.5) is 0 Å². The van der Waals surface area contributed by atoms with Gasteiger partial charge in [-0.05, 0) is 38.8 Å². The Hall–Kier alpha value is -1.10. The fourth-order valence-corrected chi connectivity index (χ4v) is 3.10. The number of halogens is 1. The second-order valence-electron chi connectivity index (χ2n) is 6.62. The Morgan fingerprint density at radius 1 is 1.23 bits per heavy atom. The normalized spacial score (nSPS) is 24.6. The molecule has 0 N–H and O–H groups in total. The number of rotatable bonds is 4. The number of carbonyl (C=O) groups is 1. The van der Waals surface area contributed by atoms with Crippen LogP contribution in [0.1, 0.15) is 37.0 Å². The number of likely N-dealkylation sites (tertiary alicyclic amines) is 1. The monoisotopic (exact) mass is 325 g/mol. The Bertz CT molecular complexity index is 494. The Kier molecular flexibility index (Phi) is 5.48. The minimum Gasteiger partial charge on any atom is -0.460 e. The topological polar surface area (TPSA) is 38.8 Å². The molecule has 0 aliphatic carbocycles. The van der Waals surface area contributed by atoms with Crippen molar-refractivity contribution in [1.82, 2.24) is 4.90 Å². The quantitative estimate of drug-likeness (QED) is 0.798. The Morgan fingerprint density at radius 3 is 2.41 bits per heavy atom. The molecular formula is C17H24ClNO3. The van der Waals surface area contributed by atoms with E-state index in [1.807, 2.05) is 18.2 Å². The standard InChI is InChI=1S/C17H23NO3.ClH/c1-17(2,18-10-14-8-9-15(11-18)21-14)12-20-16(19)13-6-4-3-5-7-13;/h3-7,14-15H,8-12H2,1-2H3;1H. The molecule has 0 saturated carbocycles. The van der Waals surface area contributed by atoms with Gasteiger partial charge in [0, 0.05) is 18.6 Å². The molecule has 0 amide bonds. The van der Waals surface area contributed by atoms with Gasteiger partial charge in [0.15, 0.2) is 0 Å². The molecule has 1 aromatic carbocycles. The summed E-state index contributed by atoms with van der Waals surface area (Å²) in [6, 6.07) is 9.15. The lowest BCUT2D eigenvalue weighted by Gasteiger charge is -2.42. The van der Waals surface area contributed by atoms with Gasteiger partial charge in [0.2, 0.25) is 0 Å². The molecule has 2 saturated heterocycles. The first kappa shape index (κ1) is 17.3. The average molecular weight is 326 g/mol. The summed E-state index contributed by atoms with van der Waals surface area (Å²) in [6.45, 7) is 6.55. The molecule has 22 heavy (non-hydrogen) atoms. The Balaban J connectivity index is 0.00000176. The summed E-state index contributed by atoms with van der Waals surface area (Å²) >= 11 is 0. The van der Waals surface area contributed by atoms with Gasteiger partial charge in [-0.1, -0.05) is 18.2 Å². The van der Waals surface area contributed by atoms with E-state index < -0.39 is 0 Å². The smallest absolute Gasteiger partial charge is 0.338 e. The summed E-state index contributed by atoms with van der Waals surface area (Å²) < 4.78 is 11.4. The van der Waals surface area contributed by atoms with E-state index in [-0.39, 0.29) is 23.9 Å². The van der Waals surface area contributed by atoms with E-state index in [4.69, 9.17) is 9.47 Å². The fraction of sp³-hybridized carbons (Fsp3) is 0.588. The SMILES string of the molecule is CC(C)(COC(=O)c1ccccc1)N1CC2CCC(C1)O2.Cl. The molecule has 5 heteroatoms. The van der Waals surface area contributed by atoms with E-state index in [0.717, 1.165) is 25.9 Å². The van der Waals surface area contributed by atoms with Crippen LogP contribution in [0.15, 0.2) is 30.3 Å². The molecule has 4 nitrogen and oxygen atoms in total. The van der Waals surface area contributed by atoms with Gasteiger partial charge in [0.25, 0.3) is 0 Å². The van der Waals surface area contributed by atoms with Crippen LogP contribution < -0.4 is 0 Å². The molecule has 2 aliphatic heterocycles. The number of benzene rings is 1. The third kappa shape index (κ3) is 3.80. The van der Waals surface area contributed by atoms with Gasteiger partial charge in [-0.15, -0.1) is 12.4 Å². The molecule has 0 aromatic heterocycles. The van der Waals surface area contributed by atoms with Crippen molar-refractivity contribution in [3.8, 4) is 0 Å². The van der Waals surface area contributed by atoms with E-state index in [1.54, 1.807) is 12.1 Å². The molecular weight excluding hydrogens is 302 g/mol. The highest BCUT2D eigenvalue weighted by molar-refractivity contribution is 5.89. The number of hydrogen-bond donors (Lipinski definition) is 0. The minimum atomic E-state index is -0.250. The van der Waals surface area contributed by atoms with E-state index in [2.05, 4.69) is 18.7 Å². The van der Waals surface area contributed by atoms with Crippen molar-refractivity contribution in [2.75, 3.05) is 19.7 Å². The summed E-state index contributed by atoms with van der Waals surface area (Å²) in [7, 11) is 0. The molecule has 2 aliphatic rings. The molecule has 2 heterocycles. The molecule has 0 spiro atoms. The van der Waals surface area contributed by atoms with E-state index in [0.29, 0.717) is 24.4 Å². The third-order valence-electron chi connectivity index (χ3n) is 4.47. The summed E-state index contributed by atoms with van der Waals surface area (Å²) in [4.78, 5) is 14.4. The van der Waals surface area contributed by atoms with Crippen LogP contribution >= 0.6 is 12.4 Å². The van der Waals surface area contributed by atoms with E-state index in [1.165, 1.54) is 0 Å². The van der Waals surface area contributed by atoms with E-state index in [9.17, 15) is 4.79 Å². The first-order chi connectivity index (χ1) is 10.0. The zero-order valence-corrected chi connectivity index (χ0v) is 14.0. The predicted octanol–water partition coefficient (Wildman–Crippen LogP) is 2.91. The summed E-state index contributed by atoms with van der Waals surface area (Å²) in [5, 5.41) is 0. The second kappa shape index (κ2) is 6.99. The number of fused-ring (bicyclic) bond motifs is 2. The van der Waals surface area contributed by atoms with Crippen LogP contribution in [0, 0.1) is 0 Å². The number of carbonyl (C=O) groups excluding carboxylic acids is 1. The van der Waals surface area contributed by atoms with Crippen LogP contribution in [-0.4, -0.2) is 48.3 Å². The van der Waals surface area contributed by atoms with Crippen LogP contribution in [0.25, 0.3) is 0 Å². The summed E-state index contributed by atoms with van der Waals surface area (Å²) in [5.41, 5.74) is 0.449. The fourth-order valence-electron chi connectivity index (χ4n) is 3.10. The van der Waals surface area contributed by atoms with Crippen molar-refractivity contribution in [3.05, 3.63) is 35.9 Å². The van der Waals surface area contributed by atoms with Crippen molar-refractivity contribution in [3.63, 3.8) is 0 Å². The zero-order chi connectivity index (χ0) is 14.9. The highest BCUT2D eigenvalue weighted by Gasteiger charge is 2.40. The van der Waals surface area contributed by atoms with Crippen LogP contribution in [0.3, 0.4) is 0 Å². The molecule has 1 aromatic rings. The molecule has 3 rings (SSSR count). The molecule has 2 atom stereocenters. The number of nitrogens with zero attached hydrogens (tertiary/aromatic N) is 1. The van der Waals surface area contributed by atoms with E-state index >= 15 is 0 Å². The highest BCUT2D eigenvalue weighted by Crippen LogP contribution is 2.30. The number of hydrogen-bond acceptors (Lipinski definition) is 4. The van der Waals surface area contributed by atoms with Crippen LogP contribution in [0.5, 0.6) is 0 Å². The lowest BCUT2D eigenvalue weighted by molar-refractivity contribution is -0.0831. The van der Waals surface area contributed by atoms with Crippen molar-refractivity contribution < 1.29 is 14.3 Å². The molecule has 122 valence electrons. The number of esters is 1. The van der Waals surface area contributed by atoms with Crippen molar-refractivity contribution in [1.29, 1.82) is 0 Å². The minimum absolute atomic E-state index is 0. The van der Waals surface area contributed by atoms with Gasteiger partial charge < -0.3 is 9.47 Å². The predicted molar refractivity (Wildman–Crippen MR) is 87.5 cm³/mol. The van der Waals surface area contributed by atoms with Crippen molar-refractivity contribution in [2.45, 2.75) is 44.4 Å². The lowest BCUT2D eigenvalue weighted by Crippen LogP contribution is -2.55. The first-order valence-electron chi connectivity index (χ1n) is 7.67. The van der Waals surface area contributed by atoms with Gasteiger partial charge in [-0.3, -0.25) is 4.90 Å². The maximum absolute atomic E-state index is 12.0. The third-order valence-corrected chi connectivity index (χ3v) is 4.47. The Morgan fingerprint density at radius 2 is 1.82 bits per heavy atom. The zero-order valence-electron chi connectivity index (χ0n) is 13.2. The van der Waals surface area contributed by atoms with Gasteiger partial charge in [-0.2, -0.15) is 0 Å². The van der Waals surface area contributed by atoms with Crippen LogP contribution in [0.2, 0.25) is 0 Å². The van der Waals surface area contributed by atoms with Gasteiger partial charge >= 0.3 is 5.97 Å². The highest BCUT2D eigenvalue weighted by atomic mass is 35.5. The molecule has 2 bridgehead atoms. The van der Waals surface area contributed by atoms with Crippen LogP contribution in [-0.2, 0) is 9.47 Å². The first-order valence-corrected chi connectivity index (χ1v) is 7.67.